The molecule has 5 rings (SSSR count). The lowest BCUT2D eigenvalue weighted by molar-refractivity contribution is -0.126. The zero-order valence-electron chi connectivity index (χ0n) is 20.3. The first-order valence-corrected chi connectivity index (χ1v) is 13.0. The van der Waals surface area contributed by atoms with Gasteiger partial charge in [0.25, 0.3) is 5.92 Å². The Morgan fingerprint density at radius 1 is 1.03 bits per heavy atom. The van der Waals surface area contributed by atoms with Crippen molar-refractivity contribution in [1.82, 2.24) is 10.3 Å². The number of benzene rings is 1. The van der Waals surface area contributed by atoms with Crippen LogP contribution in [0.5, 0.6) is 0 Å². The minimum absolute atomic E-state index is 0.0130. The highest BCUT2D eigenvalue weighted by Gasteiger charge is 2.60. The molecule has 1 aromatic heterocycles. The maximum absolute atomic E-state index is 13.5. The minimum atomic E-state index is -2.94. The molecular weight excluding hydrogens is 446 g/mol. The topological polar surface area (TPSA) is 59.1 Å². The third-order valence-corrected chi connectivity index (χ3v) is 8.67. The molecule has 0 saturated heterocycles. The van der Waals surface area contributed by atoms with Crippen LogP contribution in [0.1, 0.15) is 68.1 Å². The lowest BCUT2D eigenvalue weighted by Crippen LogP contribution is -2.33. The Bertz CT molecular complexity index is 1050. The number of carbonyl (C=O) groups excluding carboxylic acids is 2. The van der Waals surface area contributed by atoms with Gasteiger partial charge in [0.05, 0.1) is 6.54 Å². The SMILES string of the molecule is CC(F)(F)c1cccc(CC(=O)CNC(=O)C2[C@H]3CC(C4CCC(c5cccnc5)CC4)C[C@@H]23)c1. The number of halogens is 2. The monoisotopic (exact) mass is 480 g/mol. The van der Waals surface area contributed by atoms with Crippen molar-refractivity contribution in [2.75, 3.05) is 6.54 Å². The molecule has 186 valence electrons. The number of aromatic nitrogens is 1. The molecule has 2 unspecified atom stereocenters. The van der Waals surface area contributed by atoms with Crippen LogP contribution in [0.3, 0.4) is 0 Å². The minimum Gasteiger partial charge on any atom is -0.349 e. The first-order valence-electron chi connectivity index (χ1n) is 13.0. The van der Waals surface area contributed by atoms with Gasteiger partial charge < -0.3 is 5.32 Å². The number of carbonyl (C=O) groups is 2. The van der Waals surface area contributed by atoms with E-state index in [1.165, 1.54) is 43.4 Å². The average Bonchev–Trinajstić information content (AvgIpc) is 3.36. The van der Waals surface area contributed by atoms with Crippen molar-refractivity contribution >= 4 is 11.7 Å². The van der Waals surface area contributed by atoms with Gasteiger partial charge in [-0.1, -0.05) is 24.3 Å². The summed E-state index contributed by atoms with van der Waals surface area (Å²) in [5.74, 6) is 0.00448. The second-order valence-electron chi connectivity index (χ2n) is 11.0. The Labute approximate surface area is 205 Å². The quantitative estimate of drug-likeness (QED) is 0.530. The third kappa shape index (κ3) is 5.46. The Balaban J connectivity index is 1.03. The van der Waals surface area contributed by atoms with Gasteiger partial charge in [0.1, 0.15) is 0 Å². The van der Waals surface area contributed by atoms with Crippen LogP contribution in [0.25, 0.3) is 0 Å². The summed E-state index contributed by atoms with van der Waals surface area (Å²) in [6.45, 7) is 0.807. The molecular formula is C29H34F2N2O2. The Morgan fingerprint density at radius 3 is 2.43 bits per heavy atom. The number of fused-ring (bicyclic) bond motifs is 1. The van der Waals surface area contributed by atoms with E-state index in [1.807, 2.05) is 18.5 Å². The van der Waals surface area contributed by atoms with E-state index in [1.54, 1.807) is 12.1 Å². The summed E-state index contributed by atoms with van der Waals surface area (Å²) < 4.78 is 27.0. The molecule has 35 heavy (non-hydrogen) atoms. The lowest BCUT2D eigenvalue weighted by atomic mass is 9.72. The van der Waals surface area contributed by atoms with E-state index in [-0.39, 0.29) is 36.1 Å². The number of alkyl halides is 2. The van der Waals surface area contributed by atoms with Crippen molar-refractivity contribution in [2.45, 2.75) is 63.7 Å². The first kappa shape index (κ1) is 24.1. The second kappa shape index (κ2) is 9.79. The van der Waals surface area contributed by atoms with Gasteiger partial charge in [-0.15, -0.1) is 0 Å². The van der Waals surface area contributed by atoms with Gasteiger partial charge in [0.2, 0.25) is 5.91 Å². The smallest absolute Gasteiger partial charge is 0.270 e. The van der Waals surface area contributed by atoms with Crippen LogP contribution >= 0.6 is 0 Å². The van der Waals surface area contributed by atoms with Gasteiger partial charge in [-0.25, -0.2) is 8.78 Å². The predicted molar refractivity (Wildman–Crippen MR) is 130 cm³/mol. The van der Waals surface area contributed by atoms with Crippen molar-refractivity contribution in [2.24, 2.45) is 29.6 Å². The van der Waals surface area contributed by atoms with Gasteiger partial charge in [-0.2, -0.15) is 0 Å². The highest BCUT2D eigenvalue weighted by Crippen LogP contribution is 2.62. The first-order chi connectivity index (χ1) is 16.8. The summed E-state index contributed by atoms with van der Waals surface area (Å²) in [5.41, 5.74) is 1.81. The number of pyridine rings is 1. The summed E-state index contributed by atoms with van der Waals surface area (Å²) in [4.78, 5) is 29.3. The maximum Gasteiger partial charge on any atom is 0.270 e. The fourth-order valence-electron chi connectivity index (χ4n) is 6.75. The van der Waals surface area contributed by atoms with E-state index >= 15 is 0 Å². The van der Waals surface area contributed by atoms with Gasteiger partial charge in [-0.05, 0) is 91.4 Å². The van der Waals surface area contributed by atoms with Crippen LogP contribution in [0, 0.1) is 29.6 Å². The lowest BCUT2D eigenvalue weighted by Gasteiger charge is -2.33. The van der Waals surface area contributed by atoms with Gasteiger partial charge in [-0.3, -0.25) is 14.6 Å². The average molecular weight is 481 g/mol. The molecule has 0 spiro atoms. The molecule has 6 heteroatoms. The van der Waals surface area contributed by atoms with E-state index < -0.39 is 5.92 Å². The van der Waals surface area contributed by atoms with Gasteiger partial charge in [0.15, 0.2) is 5.78 Å². The van der Waals surface area contributed by atoms with Crippen LogP contribution in [0.4, 0.5) is 8.78 Å². The molecule has 0 bridgehead atoms. The van der Waals surface area contributed by atoms with Crippen molar-refractivity contribution in [3.63, 3.8) is 0 Å². The molecule has 3 aliphatic carbocycles. The molecule has 4 nitrogen and oxygen atoms in total. The normalized spacial score (nSPS) is 29.9. The summed E-state index contributed by atoms with van der Waals surface area (Å²) in [6.07, 6.45) is 11.1. The van der Waals surface area contributed by atoms with Crippen LogP contribution in [0.15, 0.2) is 48.8 Å². The van der Waals surface area contributed by atoms with E-state index in [4.69, 9.17) is 0 Å². The van der Waals surface area contributed by atoms with Crippen molar-refractivity contribution in [3.05, 3.63) is 65.5 Å². The zero-order valence-corrected chi connectivity index (χ0v) is 20.3. The van der Waals surface area contributed by atoms with E-state index in [0.717, 1.165) is 31.6 Å². The van der Waals surface area contributed by atoms with Crippen LogP contribution in [0.2, 0.25) is 0 Å². The standard InChI is InChI=1S/C29H34F2N2O2/c1-29(30,31)23-6-2-4-18(12-23)13-24(34)17-33-28(35)27-25-14-22(15-26(25)27)20-9-7-19(8-10-20)21-5-3-11-32-16-21/h2-6,11-12,16,19-20,22,25-27H,7-10,13-15,17H2,1H3,(H,33,35)/t19?,20?,22?,25-,26+,27?. The van der Waals surface area contributed by atoms with E-state index in [0.29, 0.717) is 23.3 Å². The molecule has 1 aromatic carbocycles. The largest absolute Gasteiger partial charge is 0.349 e. The Kier molecular flexibility index (Phi) is 6.73. The van der Waals surface area contributed by atoms with Gasteiger partial charge in [0, 0.05) is 37.2 Å². The number of rotatable bonds is 8. The number of hydrogen-bond acceptors (Lipinski definition) is 3. The molecule has 3 saturated carbocycles. The zero-order chi connectivity index (χ0) is 24.6. The van der Waals surface area contributed by atoms with Crippen LogP contribution < -0.4 is 5.32 Å². The molecule has 4 atom stereocenters. The van der Waals surface area contributed by atoms with Crippen molar-refractivity contribution in [3.8, 4) is 0 Å². The van der Waals surface area contributed by atoms with Gasteiger partial charge >= 0.3 is 0 Å². The molecule has 0 radical (unpaired) electrons. The Morgan fingerprint density at radius 2 is 1.77 bits per heavy atom. The maximum atomic E-state index is 13.5. The molecule has 1 N–H and O–H groups in total. The summed E-state index contributed by atoms with van der Waals surface area (Å²) in [5, 5.41) is 2.81. The number of Topliss-reactive ketones (excluding diaryl/α,β-unsaturated/α-hetero) is 1. The highest BCUT2D eigenvalue weighted by atomic mass is 19.3. The highest BCUT2D eigenvalue weighted by molar-refractivity contribution is 5.89. The molecule has 0 aliphatic heterocycles. The number of hydrogen-bond donors (Lipinski definition) is 1. The molecule has 1 amide bonds. The molecule has 3 fully saturated rings. The number of nitrogens with one attached hydrogen (secondary N) is 1. The fraction of sp³-hybridized carbons (Fsp3) is 0.552. The van der Waals surface area contributed by atoms with Crippen LogP contribution in [-0.4, -0.2) is 23.2 Å². The number of amides is 1. The van der Waals surface area contributed by atoms with Crippen molar-refractivity contribution < 1.29 is 18.4 Å². The van der Waals surface area contributed by atoms with E-state index in [2.05, 4.69) is 16.4 Å². The third-order valence-electron chi connectivity index (χ3n) is 8.67. The predicted octanol–water partition coefficient (Wildman–Crippen LogP) is 5.67. The number of nitrogens with zero attached hydrogens (tertiary/aromatic N) is 1. The number of ketones is 1. The van der Waals surface area contributed by atoms with E-state index in [9.17, 15) is 18.4 Å². The summed E-state index contributed by atoms with van der Waals surface area (Å²) >= 11 is 0. The summed E-state index contributed by atoms with van der Waals surface area (Å²) in [6, 6.07) is 10.2. The van der Waals surface area contributed by atoms with Crippen molar-refractivity contribution in [1.29, 1.82) is 0 Å². The molecule has 3 aliphatic rings. The Hall–Kier alpha value is -2.63. The fourth-order valence-corrected chi connectivity index (χ4v) is 6.75. The second-order valence-corrected chi connectivity index (χ2v) is 11.0. The molecule has 1 heterocycles. The molecule has 2 aromatic rings. The summed E-state index contributed by atoms with van der Waals surface area (Å²) in [7, 11) is 0. The van der Waals surface area contributed by atoms with Crippen LogP contribution in [-0.2, 0) is 21.9 Å².